The summed E-state index contributed by atoms with van der Waals surface area (Å²) in [4.78, 5) is 16.5. The number of carbonyl (C=O) groups excluding carboxylic acids is 1. The second kappa shape index (κ2) is 11.5. The number of esters is 1. The highest BCUT2D eigenvalue weighted by Crippen LogP contribution is 2.33. The van der Waals surface area contributed by atoms with Gasteiger partial charge < -0.3 is 14.2 Å². The Kier molecular flexibility index (Phi) is 8.79. The molecule has 0 amide bonds. The Labute approximate surface area is 196 Å². The Bertz CT molecular complexity index is 890. The lowest BCUT2D eigenvalue weighted by Gasteiger charge is -2.46. The molecule has 2 aromatic carbocycles. The molecule has 1 aliphatic heterocycles. The van der Waals surface area contributed by atoms with E-state index in [4.69, 9.17) is 25.8 Å². The fourth-order valence-corrected chi connectivity index (χ4v) is 4.44. The lowest BCUT2D eigenvalue weighted by Crippen LogP contribution is -2.53. The van der Waals surface area contributed by atoms with Crippen LogP contribution in [0.3, 0.4) is 0 Å². The fraction of sp³-hybridized carbons (Fsp3) is 0.480. The van der Waals surface area contributed by atoms with Crippen LogP contribution in [0, 0.1) is 0 Å². The maximum atomic E-state index is 11.5. The first-order valence-corrected chi connectivity index (χ1v) is 11.3. The molecule has 32 heavy (non-hydrogen) atoms. The second-order valence-electron chi connectivity index (χ2n) is 8.20. The summed E-state index contributed by atoms with van der Waals surface area (Å²) >= 11 is 6.15. The normalized spacial score (nSPS) is 19.5. The molecular weight excluding hydrogens is 428 g/mol. The Hall–Kier alpha value is -2.28. The number of piperazine rings is 1. The van der Waals surface area contributed by atoms with Gasteiger partial charge in [0.1, 0.15) is 11.5 Å². The zero-order chi connectivity index (χ0) is 23.1. The summed E-state index contributed by atoms with van der Waals surface area (Å²) < 4.78 is 15.8. The lowest BCUT2D eigenvalue weighted by molar-refractivity contribution is -0.140. The highest BCUT2D eigenvalue weighted by molar-refractivity contribution is 6.30. The largest absolute Gasteiger partial charge is 0.497 e. The first kappa shape index (κ1) is 24.4. The third-order valence-electron chi connectivity index (χ3n) is 6.15. The van der Waals surface area contributed by atoms with Crippen LogP contribution < -0.4 is 9.47 Å². The number of methoxy groups -OCH3 is 3. The molecule has 0 unspecified atom stereocenters. The molecule has 2 aromatic rings. The number of ether oxygens (including phenoxy) is 3. The van der Waals surface area contributed by atoms with E-state index in [1.807, 2.05) is 24.3 Å². The number of rotatable bonds is 9. The second-order valence-corrected chi connectivity index (χ2v) is 8.63. The van der Waals surface area contributed by atoms with Crippen LogP contribution in [0.1, 0.15) is 36.9 Å². The molecule has 1 saturated heterocycles. The van der Waals surface area contributed by atoms with Gasteiger partial charge in [0.15, 0.2) is 0 Å². The number of benzene rings is 2. The molecule has 6 nitrogen and oxygen atoms in total. The van der Waals surface area contributed by atoms with Crippen molar-refractivity contribution in [1.29, 1.82) is 0 Å². The first-order chi connectivity index (χ1) is 15.4. The summed E-state index contributed by atoms with van der Waals surface area (Å²) in [5.41, 5.74) is 2.35. The van der Waals surface area contributed by atoms with Gasteiger partial charge in [0.25, 0.3) is 0 Å². The average molecular weight is 461 g/mol. The monoisotopic (exact) mass is 460 g/mol. The molecule has 1 fully saturated rings. The summed E-state index contributed by atoms with van der Waals surface area (Å²) in [6.45, 7) is 5.65. The van der Waals surface area contributed by atoms with Gasteiger partial charge in [0.2, 0.25) is 0 Å². The van der Waals surface area contributed by atoms with Crippen LogP contribution in [-0.4, -0.2) is 62.8 Å². The zero-order valence-corrected chi connectivity index (χ0v) is 20.1. The molecule has 7 heteroatoms. The molecule has 1 aliphatic rings. The Morgan fingerprint density at radius 1 is 1.03 bits per heavy atom. The number of nitrogens with zero attached hydrogens (tertiary/aromatic N) is 2. The molecule has 174 valence electrons. The molecule has 0 saturated carbocycles. The molecule has 2 atom stereocenters. The Balaban J connectivity index is 1.81. The first-order valence-electron chi connectivity index (χ1n) is 11.0. The molecule has 0 aromatic heterocycles. The van der Waals surface area contributed by atoms with Crippen LogP contribution in [0.5, 0.6) is 11.5 Å². The van der Waals surface area contributed by atoms with Crippen LogP contribution >= 0.6 is 11.6 Å². The highest BCUT2D eigenvalue weighted by Gasteiger charge is 2.32. The molecule has 0 spiro atoms. The van der Waals surface area contributed by atoms with E-state index in [2.05, 4.69) is 34.9 Å². The summed E-state index contributed by atoms with van der Waals surface area (Å²) in [5, 5.41) is 0.733. The minimum absolute atomic E-state index is 0.155. The van der Waals surface area contributed by atoms with Crippen molar-refractivity contribution in [2.24, 2.45) is 0 Å². The highest BCUT2D eigenvalue weighted by atomic mass is 35.5. The van der Waals surface area contributed by atoms with Gasteiger partial charge in [-0.1, -0.05) is 29.8 Å². The predicted octanol–water partition coefficient (Wildman–Crippen LogP) is 4.56. The summed E-state index contributed by atoms with van der Waals surface area (Å²) in [6.07, 6.45) is 1.23. The third-order valence-corrected chi connectivity index (χ3v) is 6.40. The van der Waals surface area contributed by atoms with Crippen molar-refractivity contribution in [3.8, 4) is 11.5 Å². The van der Waals surface area contributed by atoms with Gasteiger partial charge in [0, 0.05) is 54.8 Å². The van der Waals surface area contributed by atoms with Crippen molar-refractivity contribution in [3.63, 3.8) is 0 Å². The van der Waals surface area contributed by atoms with Crippen LogP contribution in [0.25, 0.3) is 0 Å². The lowest BCUT2D eigenvalue weighted by atomic mass is 9.98. The Morgan fingerprint density at radius 3 is 2.44 bits per heavy atom. The van der Waals surface area contributed by atoms with Gasteiger partial charge in [-0.3, -0.25) is 14.6 Å². The molecule has 0 bridgehead atoms. The van der Waals surface area contributed by atoms with E-state index in [0.717, 1.165) is 54.7 Å². The van der Waals surface area contributed by atoms with E-state index in [-0.39, 0.29) is 12.0 Å². The van der Waals surface area contributed by atoms with Crippen LogP contribution in [0.4, 0.5) is 0 Å². The van der Waals surface area contributed by atoms with E-state index in [1.54, 1.807) is 14.2 Å². The van der Waals surface area contributed by atoms with Gasteiger partial charge in [0.05, 0.1) is 21.3 Å². The molecule has 0 aliphatic carbocycles. The Morgan fingerprint density at radius 2 is 1.78 bits per heavy atom. The van der Waals surface area contributed by atoms with Crippen molar-refractivity contribution in [2.75, 3.05) is 41.0 Å². The summed E-state index contributed by atoms with van der Waals surface area (Å²) in [7, 11) is 4.79. The van der Waals surface area contributed by atoms with Gasteiger partial charge >= 0.3 is 5.97 Å². The standard InChI is InChI=1S/C25H33ClN2O4/c1-18-15-28(16-20-9-12-22(30-2)14-24(20)31-3)23(19-7-10-21(26)11-8-19)17-27(18)13-5-6-25(29)32-4/h7-12,14,18,23H,5-6,13,15-17H2,1-4H3/t18-,23-/m1/s1. The average Bonchev–Trinajstić information content (AvgIpc) is 2.81. The van der Waals surface area contributed by atoms with Crippen LogP contribution in [0.2, 0.25) is 5.02 Å². The quantitative estimate of drug-likeness (QED) is 0.511. The third kappa shape index (κ3) is 6.15. The number of carbonyl (C=O) groups is 1. The molecule has 3 rings (SSSR count). The summed E-state index contributed by atoms with van der Waals surface area (Å²) in [6, 6.07) is 14.6. The minimum Gasteiger partial charge on any atom is -0.497 e. The topological polar surface area (TPSA) is 51.2 Å². The predicted molar refractivity (Wildman–Crippen MR) is 126 cm³/mol. The number of hydrogen-bond acceptors (Lipinski definition) is 6. The van der Waals surface area contributed by atoms with Crippen molar-refractivity contribution < 1.29 is 19.0 Å². The molecule has 0 radical (unpaired) electrons. The fourth-order valence-electron chi connectivity index (χ4n) is 4.32. The van der Waals surface area contributed by atoms with Crippen LogP contribution in [0.15, 0.2) is 42.5 Å². The van der Waals surface area contributed by atoms with Gasteiger partial charge in [-0.25, -0.2) is 0 Å². The van der Waals surface area contributed by atoms with Gasteiger partial charge in [-0.15, -0.1) is 0 Å². The van der Waals surface area contributed by atoms with E-state index >= 15 is 0 Å². The maximum absolute atomic E-state index is 11.5. The van der Waals surface area contributed by atoms with E-state index in [0.29, 0.717) is 12.5 Å². The van der Waals surface area contributed by atoms with E-state index in [1.165, 1.54) is 12.7 Å². The molecular formula is C25H33ClN2O4. The van der Waals surface area contributed by atoms with Gasteiger partial charge in [-0.2, -0.15) is 0 Å². The van der Waals surface area contributed by atoms with Crippen molar-refractivity contribution in [3.05, 3.63) is 58.6 Å². The van der Waals surface area contributed by atoms with Crippen molar-refractivity contribution in [1.82, 2.24) is 9.80 Å². The smallest absolute Gasteiger partial charge is 0.305 e. The van der Waals surface area contributed by atoms with Crippen LogP contribution in [-0.2, 0) is 16.1 Å². The van der Waals surface area contributed by atoms with Crippen molar-refractivity contribution in [2.45, 2.75) is 38.4 Å². The maximum Gasteiger partial charge on any atom is 0.305 e. The minimum atomic E-state index is -0.155. The molecule has 0 N–H and O–H groups in total. The number of hydrogen-bond donors (Lipinski definition) is 0. The summed E-state index contributed by atoms with van der Waals surface area (Å²) in [5.74, 6) is 1.45. The van der Waals surface area contributed by atoms with E-state index in [9.17, 15) is 4.79 Å². The molecule has 1 heterocycles. The van der Waals surface area contributed by atoms with E-state index < -0.39 is 0 Å². The van der Waals surface area contributed by atoms with Gasteiger partial charge in [-0.05, 0) is 43.7 Å². The number of halogens is 1. The SMILES string of the molecule is COC(=O)CCCN1C[C@H](c2ccc(Cl)cc2)N(Cc2ccc(OC)cc2OC)C[C@H]1C. The van der Waals surface area contributed by atoms with Crippen molar-refractivity contribution >= 4 is 17.6 Å². The zero-order valence-electron chi connectivity index (χ0n) is 19.3.